The van der Waals surface area contributed by atoms with Crippen LogP contribution in [0.4, 0.5) is 10.1 Å². The van der Waals surface area contributed by atoms with Crippen LogP contribution in [0, 0.1) is 5.82 Å². The summed E-state index contributed by atoms with van der Waals surface area (Å²) in [6.45, 7) is 0.317. The predicted octanol–water partition coefficient (Wildman–Crippen LogP) is 4.81. The van der Waals surface area contributed by atoms with Crippen molar-refractivity contribution in [1.82, 2.24) is 0 Å². The van der Waals surface area contributed by atoms with E-state index in [1.165, 1.54) is 54.6 Å². The minimum Gasteiger partial charge on any atom is -0.459 e. The fraction of sp³-hybridized carbons (Fsp3) is 0.231. The van der Waals surface area contributed by atoms with Gasteiger partial charge in [0, 0.05) is 17.2 Å². The predicted molar refractivity (Wildman–Crippen MR) is 130 cm³/mol. The molecule has 1 atom stereocenters. The molecule has 0 spiro atoms. The highest BCUT2D eigenvalue weighted by Gasteiger charge is 2.36. The largest absolute Gasteiger partial charge is 0.459 e. The molecule has 10 heteroatoms. The highest BCUT2D eigenvalue weighted by atomic mass is 35.5. The van der Waals surface area contributed by atoms with Crippen LogP contribution in [0.3, 0.4) is 0 Å². The van der Waals surface area contributed by atoms with Gasteiger partial charge in [0.1, 0.15) is 12.4 Å². The number of hydrogen-bond donors (Lipinski definition) is 0. The summed E-state index contributed by atoms with van der Waals surface area (Å²) in [5.41, 5.74) is -0.0716. The summed E-state index contributed by atoms with van der Waals surface area (Å²) < 4.78 is 52.7. The summed E-state index contributed by atoms with van der Waals surface area (Å²) >= 11 is 6.22. The lowest BCUT2D eigenvalue weighted by Crippen LogP contribution is -2.31. The summed E-state index contributed by atoms with van der Waals surface area (Å²) in [6.07, 6.45) is 1.47. The van der Waals surface area contributed by atoms with Gasteiger partial charge in [0.15, 0.2) is 0 Å². The van der Waals surface area contributed by atoms with E-state index in [1.54, 1.807) is 6.07 Å². The Labute approximate surface area is 212 Å². The van der Waals surface area contributed by atoms with Gasteiger partial charge < -0.3 is 14.4 Å². The fourth-order valence-corrected chi connectivity index (χ4v) is 6.21. The minimum atomic E-state index is -4.15. The van der Waals surface area contributed by atoms with Crippen LogP contribution in [0.5, 0.6) is 0 Å². The van der Waals surface area contributed by atoms with E-state index in [0.29, 0.717) is 6.61 Å². The number of carbonyl (C=O) groups excluding carboxylic acids is 2. The molecule has 36 heavy (non-hydrogen) atoms. The molecule has 5 rings (SSSR count). The molecule has 0 unspecified atom stereocenters. The van der Waals surface area contributed by atoms with Gasteiger partial charge in [-0.2, -0.15) is 0 Å². The second-order valence-corrected chi connectivity index (χ2v) is 10.8. The van der Waals surface area contributed by atoms with E-state index in [0.717, 1.165) is 17.7 Å². The third-order valence-electron chi connectivity index (χ3n) is 6.23. The number of nitrogens with zero attached hydrogens (tertiary/aromatic N) is 1. The molecule has 2 heterocycles. The van der Waals surface area contributed by atoms with E-state index < -0.39 is 27.5 Å². The van der Waals surface area contributed by atoms with Crippen LogP contribution in [0.2, 0.25) is 5.02 Å². The molecule has 0 N–H and O–H groups in total. The van der Waals surface area contributed by atoms with Crippen molar-refractivity contribution in [2.45, 2.75) is 35.3 Å². The molecule has 0 saturated carbocycles. The summed E-state index contributed by atoms with van der Waals surface area (Å²) in [6, 6.07) is 13.8. The first-order valence-corrected chi connectivity index (χ1v) is 13.1. The van der Waals surface area contributed by atoms with E-state index in [1.807, 2.05) is 0 Å². The summed E-state index contributed by atoms with van der Waals surface area (Å²) in [4.78, 5) is 27.2. The van der Waals surface area contributed by atoms with Gasteiger partial charge in [-0.1, -0.05) is 29.8 Å². The Morgan fingerprint density at radius 3 is 2.67 bits per heavy atom. The number of carbonyl (C=O) groups is 2. The van der Waals surface area contributed by atoms with Crippen molar-refractivity contribution in [1.29, 1.82) is 0 Å². The van der Waals surface area contributed by atoms with E-state index >= 15 is 0 Å². The number of hydrogen-bond acceptors (Lipinski definition) is 6. The molecule has 3 aromatic rings. The van der Waals surface area contributed by atoms with Gasteiger partial charge in [-0.05, 0) is 55.3 Å². The first-order valence-electron chi connectivity index (χ1n) is 11.3. The zero-order valence-corrected chi connectivity index (χ0v) is 20.5. The average Bonchev–Trinajstić information content (AvgIpc) is 3.38. The second-order valence-electron chi connectivity index (χ2n) is 8.51. The first kappa shape index (κ1) is 24.4. The third kappa shape index (κ3) is 4.38. The first-order chi connectivity index (χ1) is 17.3. The molecule has 2 aliphatic heterocycles. The van der Waals surface area contributed by atoms with Gasteiger partial charge in [0.05, 0.1) is 39.3 Å². The van der Waals surface area contributed by atoms with Crippen LogP contribution in [-0.2, 0) is 25.9 Å². The standard InChI is InChI=1S/C26H21ClFNO6S/c27-20-7-3-8-21(28)19(20)14-29-22-13-16(26(31)35-15-17-5-4-12-34-17)10-11-24(22)36(32,33)23-9-2-1-6-18(23)25(29)30/h1-3,6-11,13,17H,4-5,12,14-15H2/t17-/m0/s1. The molecule has 1 amide bonds. The van der Waals surface area contributed by atoms with E-state index in [2.05, 4.69) is 0 Å². The minimum absolute atomic E-state index is 0.0154. The molecule has 1 saturated heterocycles. The monoisotopic (exact) mass is 529 g/mol. The van der Waals surface area contributed by atoms with E-state index in [4.69, 9.17) is 21.1 Å². The number of rotatable bonds is 5. The van der Waals surface area contributed by atoms with Gasteiger partial charge in [-0.15, -0.1) is 0 Å². The van der Waals surface area contributed by atoms with Crippen molar-refractivity contribution in [2.75, 3.05) is 18.1 Å². The lowest BCUT2D eigenvalue weighted by molar-refractivity contribution is 0.0161. The highest BCUT2D eigenvalue weighted by Crippen LogP contribution is 2.39. The van der Waals surface area contributed by atoms with Crippen LogP contribution in [0.25, 0.3) is 0 Å². The number of halogens is 2. The SMILES string of the molecule is O=C(OC[C@@H]1CCCO1)c1ccc2c(c1)N(Cc1c(F)cccc1Cl)C(=O)c1ccccc1S2(=O)=O. The number of fused-ring (bicyclic) bond motifs is 2. The molecule has 1 fully saturated rings. The maximum atomic E-state index is 14.7. The third-order valence-corrected chi connectivity index (χ3v) is 8.44. The van der Waals surface area contributed by atoms with E-state index in [9.17, 15) is 22.4 Å². The van der Waals surface area contributed by atoms with Crippen LogP contribution in [0.15, 0.2) is 70.5 Å². The summed E-state index contributed by atoms with van der Waals surface area (Å²) in [5, 5.41) is 0.0804. The average molecular weight is 530 g/mol. The summed E-state index contributed by atoms with van der Waals surface area (Å²) in [7, 11) is -4.15. The molecule has 3 aromatic carbocycles. The summed E-state index contributed by atoms with van der Waals surface area (Å²) in [5.74, 6) is -2.01. The fourth-order valence-electron chi connectivity index (χ4n) is 4.36. The molecular weight excluding hydrogens is 509 g/mol. The van der Waals surface area contributed by atoms with Gasteiger partial charge in [0.2, 0.25) is 9.84 Å². The van der Waals surface area contributed by atoms with Crippen molar-refractivity contribution >= 4 is 39.0 Å². The Hall–Kier alpha value is -3.27. The molecule has 0 aliphatic carbocycles. The Balaban J connectivity index is 1.61. The van der Waals surface area contributed by atoms with E-state index in [-0.39, 0.29) is 56.4 Å². The molecule has 7 nitrogen and oxygen atoms in total. The Kier molecular flexibility index (Phi) is 6.55. The molecular formula is C26H21ClFNO6S. The van der Waals surface area contributed by atoms with Crippen molar-refractivity contribution < 1.29 is 31.9 Å². The topological polar surface area (TPSA) is 90.0 Å². The number of amides is 1. The maximum Gasteiger partial charge on any atom is 0.338 e. The van der Waals surface area contributed by atoms with Gasteiger partial charge >= 0.3 is 5.97 Å². The van der Waals surface area contributed by atoms with Crippen LogP contribution < -0.4 is 4.90 Å². The number of sulfone groups is 1. The number of esters is 1. The molecule has 186 valence electrons. The lowest BCUT2D eigenvalue weighted by Gasteiger charge is -2.24. The molecule has 0 aromatic heterocycles. The van der Waals surface area contributed by atoms with Crippen molar-refractivity contribution in [2.24, 2.45) is 0 Å². The Morgan fingerprint density at radius 1 is 1.11 bits per heavy atom. The molecule has 0 radical (unpaired) electrons. The number of benzene rings is 3. The van der Waals surface area contributed by atoms with Crippen LogP contribution >= 0.6 is 11.6 Å². The zero-order chi connectivity index (χ0) is 25.4. The number of ether oxygens (including phenoxy) is 2. The van der Waals surface area contributed by atoms with Crippen molar-refractivity contribution in [3.8, 4) is 0 Å². The lowest BCUT2D eigenvalue weighted by atomic mass is 10.1. The van der Waals surface area contributed by atoms with Crippen molar-refractivity contribution in [3.05, 3.63) is 88.2 Å². The number of anilines is 1. The van der Waals surface area contributed by atoms with Gasteiger partial charge in [-0.3, -0.25) is 4.79 Å². The van der Waals surface area contributed by atoms with Crippen LogP contribution in [0.1, 0.15) is 39.1 Å². The molecule has 2 aliphatic rings. The van der Waals surface area contributed by atoms with Gasteiger partial charge in [0.25, 0.3) is 5.91 Å². The van der Waals surface area contributed by atoms with Crippen molar-refractivity contribution in [3.63, 3.8) is 0 Å². The zero-order valence-electron chi connectivity index (χ0n) is 18.9. The second kappa shape index (κ2) is 9.65. The van der Waals surface area contributed by atoms with Crippen LogP contribution in [-0.4, -0.2) is 39.6 Å². The quantitative estimate of drug-likeness (QED) is 0.441. The molecule has 0 bridgehead atoms. The van der Waals surface area contributed by atoms with Gasteiger partial charge in [-0.25, -0.2) is 17.6 Å². The Bertz CT molecular complexity index is 1450. The normalized spacial score (nSPS) is 18.3. The maximum absolute atomic E-state index is 14.7. The smallest absolute Gasteiger partial charge is 0.338 e. The highest BCUT2D eigenvalue weighted by molar-refractivity contribution is 7.91. The Morgan fingerprint density at radius 2 is 1.92 bits per heavy atom.